The summed E-state index contributed by atoms with van der Waals surface area (Å²) in [7, 11) is 1.25. The fraction of sp³-hybridized carbons (Fsp3) is 0.556. The molecule has 4 nitrogen and oxygen atoms in total. The Balaban J connectivity index is 2.94. The lowest BCUT2D eigenvalue weighted by Gasteiger charge is -2.21. The monoisotopic (exact) mass is 324 g/mol. The number of benzene rings is 1. The van der Waals surface area contributed by atoms with Crippen LogP contribution in [0.1, 0.15) is 43.9 Å². The number of methoxy groups -OCH3 is 1. The molecule has 0 radical (unpaired) electrons. The predicted octanol–water partition coefficient (Wildman–Crippen LogP) is 3.51. The third kappa shape index (κ3) is 6.00. The Labute approximate surface area is 137 Å². The summed E-state index contributed by atoms with van der Waals surface area (Å²) in [4.78, 5) is 23.9. The van der Waals surface area contributed by atoms with E-state index in [1.807, 2.05) is 13.8 Å². The molecule has 0 aromatic heterocycles. The van der Waals surface area contributed by atoms with Crippen molar-refractivity contribution in [3.63, 3.8) is 0 Å². The quantitative estimate of drug-likeness (QED) is 0.778. The molecule has 5 heteroatoms. The average Bonchev–Trinajstić information content (AvgIpc) is 2.40. The summed E-state index contributed by atoms with van der Waals surface area (Å²) in [6.07, 6.45) is -0.0465. The minimum absolute atomic E-state index is 0.0961. The Morgan fingerprint density at radius 2 is 1.74 bits per heavy atom. The first kappa shape index (κ1) is 19.1. The van der Waals surface area contributed by atoms with Crippen molar-refractivity contribution in [3.05, 3.63) is 34.6 Å². The van der Waals surface area contributed by atoms with Gasteiger partial charge in [-0.3, -0.25) is 9.59 Å². The molecule has 0 aliphatic heterocycles. The highest BCUT2D eigenvalue weighted by Crippen LogP contribution is 2.22. The van der Waals surface area contributed by atoms with Crippen molar-refractivity contribution in [1.82, 2.24) is 0 Å². The topological polar surface area (TPSA) is 52.6 Å². The number of halogens is 1. The molecule has 0 saturated carbocycles. The van der Waals surface area contributed by atoms with Crippen LogP contribution in [0.15, 0.2) is 12.1 Å². The molecule has 1 aromatic carbocycles. The molecule has 0 aliphatic carbocycles. The highest BCUT2D eigenvalue weighted by Gasteiger charge is 2.27. The van der Waals surface area contributed by atoms with Crippen molar-refractivity contribution in [1.29, 1.82) is 0 Å². The summed E-state index contributed by atoms with van der Waals surface area (Å²) in [5.41, 5.74) is 1.53. The van der Waals surface area contributed by atoms with E-state index < -0.39 is 23.5 Å². The van der Waals surface area contributed by atoms with Crippen LogP contribution in [0.5, 0.6) is 0 Å². The van der Waals surface area contributed by atoms with Crippen LogP contribution < -0.4 is 0 Å². The first-order valence-electron chi connectivity index (χ1n) is 7.58. The van der Waals surface area contributed by atoms with Gasteiger partial charge in [0.05, 0.1) is 19.4 Å². The zero-order chi connectivity index (χ0) is 17.8. The van der Waals surface area contributed by atoms with E-state index in [-0.39, 0.29) is 18.7 Å². The van der Waals surface area contributed by atoms with Crippen LogP contribution in [0.2, 0.25) is 0 Å². The van der Waals surface area contributed by atoms with E-state index in [0.717, 1.165) is 11.1 Å². The van der Waals surface area contributed by atoms with Crippen LogP contribution in [0, 0.1) is 25.6 Å². The van der Waals surface area contributed by atoms with Crippen molar-refractivity contribution in [3.8, 4) is 0 Å². The fourth-order valence-electron chi connectivity index (χ4n) is 2.25. The summed E-state index contributed by atoms with van der Waals surface area (Å²) in [5.74, 6) is -2.21. The molecular weight excluding hydrogens is 299 g/mol. The van der Waals surface area contributed by atoms with Crippen molar-refractivity contribution < 1.29 is 23.5 Å². The molecule has 0 spiro atoms. The largest absolute Gasteiger partial charge is 0.469 e. The smallest absolute Gasteiger partial charge is 0.309 e. The Bertz CT molecular complexity index is 587. The second-order valence-electron chi connectivity index (χ2n) is 6.74. The number of ether oxygens (including phenoxy) is 2. The average molecular weight is 324 g/mol. The van der Waals surface area contributed by atoms with Crippen LogP contribution in [0.4, 0.5) is 4.39 Å². The van der Waals surface area contributed by atoms with Gasteiger partial charge in [0, 0.05) is 0 Å². The van der Waals surface area contributed by atoms with E-state index in [0.29, 0.717) is 5.56 Å². The summed E-state index contributed by atoms with van der Waals surface area (Å²) < 4.78 is 24.1. The van der Waals surface area contributed by atoms with Gasteiger partial charge in [-0.05, 0) is 63.8 Å². The third-order valence-corrected chi connectivity index (χ3v) is 3.50. The lowest BCUT2D eigenvalue weighted by atomic mass is 9.93. The molecule has 128 valence electrons. The first-order chi connectivity index (χ1) is 10.5. The standard InChI is InChI=1S/C18H25FO4/c1-11-7-13(15(19)8-12(11)2)9-14(17(21)22-6)10-16(20)23-18(3,4)5/h7-8,14H,9-10H2,1-6H3/t14-/m1/s1. The Morgan fingerprint density at radius 3 is 2.26 bits per heavy atom. The van der Waals surface area contributed by atoms with Gasteiger partial charge < -0.3 is 9.47 Å². The lowest BCUT2D eigenvalue weighted by Crippen LogP contribution is -2.28. The molecule has 1 rings (SSSR count). The minimum atomic E-state index is -0.772. The van der Waals surface area contributed by atoms with E-state index in [9.17, 15) is 14.0 Å². The van der Waals surface area contributed by atoms with E-state index in [2.05, 4.69) is 0 Å². The molecule has 1 atom stereocenters. The number of aryl methyl sites for hydroxylation is 2. The third-order valence-electron chi connectivity index (χ3n) is 3.50. The maximum absolute atomic E-state index is 14.1. The van der Waals surface area contributed by atoms with Crippen LogP contribution in [0.3, 0.4) is 0 Å². The van der Waals surface area contributed by atoms with Crippen LogP contribution in [0.25, 0.3) is 0 Å². The van der Waals surface area contributed by atoms with E-state index in [4.69, 9.17) is 9.47 Å². The maximum Gasteiger partial charge on any atom is 0.309 e. The first-order valence-corrected chi connectivity index (χ1v) is 7.58. The molecule has 0 unspecified atom stereocenters. The van der Waals surface area contributed by atoms with Crippen molar-refractivity contribution in [2.45, 2.75) is 53.1 Å². The van der Waals surface area contributed by atoms with Gasteiger partial charge in [-0.15, -0.1) is 0 Å². The molecule has 1 aromatic rings. The molecule has 0 N–H and O–H groups in total. The second-order valence-corrected chi connectivity index (χ2v) is 6.74. The van der Waals surface area contributed by atoms with E-state index in [1.54, 1.807) is 26.8 Å². The number of carbonyl (C=O) groups excluding carboxylic acids is 2. The fourth-order valence-corrected chi connectivity index (χ4v) is 2.25. The van der Waals surface area contributed by atoms with Gasteiger partial charge in [-0.1, -0.05) is 6.07 Å². The number of rotatable bonds is 5. The summed E-state index contributed by atoms with van der Waals surface area (Å²) in [5, 5.41) is 0. The van der Waals surface area contributed by atoms with Crippen LogP contribution in [-0.2, 0) is 25.5 Å². The molecule has 0 fully saturated rings. The molecule has 0 bridgehead atoms. The Hall–Kier alpha value is -1.91. The molecule has 0 amide bonds. The highest BCUT2D eigenvalue weighted by atomic mass is 19.1. The summed E-state index contributed by atoms with van der Waals surface area (Å²) in [6.45, 7) is 8.95. The minimum Gasteiger partial charge on any atom is -0.469 e. The van der Waals surface area contributed by atoms with Gasteiger partial charge in [0.2, 0.25) is 0 Å². The molecule has 0 aliphatic rings. The molecule has 0 heterocycles. The van der Waals surface area contributed by atoms with Gasteiger partial charge in [0.1, 0.15) is 11.4 Å². The second kappa shape index (κ2) is 7.57. The SMILES string of the molecule is COC(=O)[C@@H](CC(=O)OC(C)(C)C)Cc1cc(C)c(C)cc1F. The van der Waals surface area contributed by atoms with Crippen molar-refractivity contribution >= 4 is 11.9 Å². The van der Waals surface area contributed by atoms with E-state index >= 15 is 0 Å². The number of hydrogen-bond acceptors (Lipinski definition) is 4. The van der Waals surface area contributed by atoms with Crippen LogP contribution >= 0.6 is 0 Å². The van der Waals surface area contributed by atoms with E-state index in [1.165, 1.54) is 13.2 Å². The lowest BCUT2D eigenvalue weighted by molar-refractivity contribution is -0.160. The molecule has 0 saturated heterocycles. The number of esters is 2. The van der Waals surface area contributed by atoms with Gasteiger partial charge >= 0.3 is 11.9 Å². The van der Waals surface area contributed by atoms with Crippen LogP contribution in [-0.4, -0.2) is 24.6 Å². The van der Waals surface area contributed by atoms with Crippen molar-refractivity contribution in [2.75, 3.05) is 7.11 Å². The Morgan fingerprint density at radius 1 is 1.17 bits per heavy atom. The highest BCUT2D eigenvalue weighted by molar-refractivity contribution is 5.80. The number of carbonyl (C=O) groups is 2. The van der Waals surface area contributed by atoms with Gasteiger partial charge in [-0.2, -0.15) is 0 Å². The zero-order valence-corrected chi connectivity index (χ0v) is 14.7. The number of hydrogen-bond donors (Lipinski definition) is 0. The summed E-state index contributed by atoms with van der Waals surface area (Å²) >= 11 is 0. The maximum atomic E-state index is 14.1. The molecular formula is C18H25FO4. The molecule has 23 heavy (non-hydrogen) atoms. The van der Waals surface area contributed by atoms with Gasteiger partial charge in [0.25, 0.3) is 0 Å². The zero-order valence-electron chi connectivity index (χ0n) is 14.7. The Kier molecular flexibility index (Phi) is 6.30. The van der Waals surface area contributed by atoms with Gasteiger partial charge in [-0.25, -0.2) is 4.39 Å². The van der Waals surface area contributed by atoms with Gasteiger partial charge in [0.15, 0.2) is 0 Å². The summed E-state index contributed by atoms with van der Waals surface area (Å²) in [6, 6.07) is 3.14. The normalized spacial score (nSPS) is 12.7. The van der Waals surface area contributed by atoms with Crippen molar-refractivity contribution in [2.24, 2.45) is 5.92 Å². The predicted molar refractivity (Wildman–Crippen MR) is 85.5 cm³/mol.